The molecule has 0 atom stereocenters. The zero-order valence-electron chi connectivity index (χ0n) is 18.6. The van der Waals surface area contributed by atoms with Crippen LogP contribution in [0.25, 0.3) is 16.5 Å². The van der Waals surface area contributed by atoms with Gasteiger partial charge in [-0.1, -0.05) is 48.0 Å². The van der Waals surface area contributed by atoms with Crippen LogP contribution in [-0.4, -0.2) is 10.7 Å². The zero-order chi connectivity index (χ0) is 22.1. The van der Waals surface area contributed by atoms with Gasteiger partial charge in [-0.25, -0.2) is 4.99 Å². The standard InChI is InChI=1S/C30H25N2/c1-20-18-21(2)28(22(3)19-20)29(23-8-4-5-9-23)24-13-15-26(16-14-24)32-27-12-6-10-25-11-7-17-31-30(25)27/h4-19H,1-3H3. The van der Waals surface area contributed by atoms with Crippen LogP contribution in [0, 0.1) is 52.4 Å². The minimum atomic E-state index is 0.890. The number of aromatic nitrogens is 1. The summed E-state index contributed by atoms with van der Waals surface area (Å²) in [6.45, 7) is 6.56. The highest BCUT2D eigenvalue weighted by atomic mass is 14.8. The lowest BCUT2D eigenvalue weighted by molar-refractivity contribution is 1.25. The van der Waals surface area contributed by atoms with E-state index < -0.39 is 0 Å². The topological polar surface area (TPSA) is 25.2 Å². The van der Waals surface area contributed by atoms with E-state index in [9.17, 15) is 0 Å². The second-order valence-corrected chi connectivity index (χ2v) is 8.33. The van der Waals surface area contributed by atoms with Crippen LogP contribution in [0.2, 0.25) is 0 Å². The number of para-hydroxylation sites is 1. The van der Waals surface area contributed by atoms with Gasteiger partial charge < -0.3 is 0 Å². The molecule has 155 valence electrons. The van der Waals surface area contributed by atoms with Gasteiger partial charge in [0.1, 0.15) is 0 Å². The van der Waals surface area contributed by atoms with Gasteiger partial charge in [0.25, 0.3) is 0 Å². The SMILES string of the molecule is Cc1cc(C)c(C([C]2[CH][CH][CH][CH]2)=C2C=CC(=Nc3cccc4cccnc34)C=C2)c(C)c1. The van der Waals surface area contributed by atoms with Crippen molar-refractivity contribution >= 4 is 27.9 Å². The molecule has 32 heavy (non-hydrogen) atoms. The minimum absolute atomic E-state index is 0.890. The Bertz CT molecular complexity index is 1250. The highest BCUT2D eigenvalue weighted by Crippen LogP contribution is 2.42. The molecule has 0 saturated heterocycles. The Morgan fingerprint density at radius 2 is 1.50 bits per heavy atom. The van der Waals surface area contributed by atoms with Crippen molar-refractivity contribution in [2.45, 2.75) is 20.8 Å². The average Bonchev–Trinajstić information content (AvgIpc) is 3.31. The van der Waals surface area contributed by atoms with Crippen molar-refractivity contribution in [3.05, 3.63) is 132 Å². The van der Waals surface area contributed by atoms with Crippen molar-refractivity contribution in [2.75, 3.05) is 0 Å². The van der Waals surface area contributed by atoms with Gasteiger partial charge in [0, 0.05) is 17.5 Å². The first-order valence-electron chi connectivity index (χ1n) is 10.9. The Morgan fingerprint density at radius 1 is 0.812 bits per heavy atom. The van der Waals surface area contributed by atoms with Crippen LogP contribution >= 0.6 is 0 Å². The van der Waals surface area contributed by atoms with Crippen molar-refractivity contribution in [3.63, 3.8) is 0 Å². The number of benzene rings is 2. The fourth-order valence-corrected chi connectivity index (χ4v) is 4.59. The maximum absolute atomic E-state index is 4.88. The second kappa shape index (κ2) is 8.70. The van der Waals surface area contributed by atoms with Crippen molar-refractivity contribution in [1.82, 2.24) is 4.98 Å². The first-order chi connectivity index (χ1) is 15.6. The molecule has 0 spiro atoms. The quantitative estimate of drug-likeness (QED) is 0.445. The van der Waals surface area contributed by atoms with Crippen molar-refractivity contribution in [2.24, 2.45) is 4.99 Å². The molecule has 0 N–H and O–H groups in total. The van der Waals surface area contributed by atoms with Crippen LogP contribution in [0.4, 0.5) is 5.69 Å². The van der Waals surface area contributed by atoms with E-state index in [1.807, 2.05) is 24.4 Å². The van der Waals surface area contributed by atoms with E-state index in [1.165, 1.54) is 39.3 Å². The van der Waals surface area contributed by atoms with Gasteiger partial charge in [-0.3, -0.25) is 4.98 Å². The summed E-state index contributed by atoms with van der Waals surface area (Å²) in [7, 11) is 0. The number of allylic oxidation sites excluding steroid dienone is 6. The number of hydrogen-bond acceptors (Lipinski definition) is 2. The second-order valence-electron chi connectivity index (χ2n) is 8.33. The lowest BCUT2D eigenvalue weighted by Crippen LogP contribution is -2.06. The molecule has 3 aromatic rings. The Balaban J connectivity index is 1.56. The fourth-order valence-electron chi connectivity index (χ4n) is 4.59. The van der Waals surface area contributed by atoms with Gasteiger partial charge in [-0.15, -0.1) is 0 Å². The van der Waals surface area contributed by atoms with Crippen molar-refractivity contribution in [1.29, 1.82) is 0 Å². The average molecular weight is 414 g/mol. The molecule has 2 aromatic carbocycles. The normalized spacial score (nSPS) is 16.2. The molecular formula is C30H25N2. The molecule has 1 fully saturated rings. The van der Waals surface area contributed by atoms with E-state index in [0.29, 0.717) is 0 Å². The summed E-state index contributed by atoms with van der Waals surface area (Å²) in [4.78, 5) is 9.41. The van der Waals surface area contributed by atoms with Gasteiger partial charge in [0.05, 0.1) is 16.9 Å². The molecule has 2 aliphatic carbocycles. The first-order valence-corrected chi connectivity index (χ1v) is 10.9. The number of nitrogens with zero attached hydrogens (tertiary/aromatic N) is 2. The van der Waals surface area contributed by atoms with Gasteiger partial charge in [-0.05, 0) is 98.6 Å². The van der Waals surface area contributed by atoms with E-state index in [-0.39, 0.29) is 0 Å². The largest absolute Gasteiger partial charge is 0.254 e. The third kappa shape index (κ3) is 3.98. The van der Waals surface area contributed by atoms with E-state index in [1.54, 1.807) is 0 Å². The Hall–Kier alpha value is -3.26. The fraction of sp³-hybridized carbons (Fsp3) is 0.100. The van der Waals surface area contributed by atoms with Crippen LogP contribution < -0.4 is 0 Å². The molecule has 2 heteroatoms. The van der Waals surface area contributed by atoms with Crippen LogP contribution in [0.5, 0.6) is 0 Å². The van der Waals surface area contributed by atoms with E-state index in [0.717, 1.165) is 22.3 Å². The lowest BCUT2D eigenvalue weighted by atomic mass is 9.81. The zero-order valence-corrected chi connectivity index (χ0v) is 18.6. The van der Waals surface area contributed by atoms with Crippen molar-refractivity contribution < 1.29 is 0 Å². The maximum Gasteiger partial charge on any atom is 0.0958 e. The number of hydrogen-bond donors (Lipinski definition) is 0. The summed E-state index contributed by atoms with van der Waals surface area (Å²) in [5.41, 5.74) is 10.4. The molecule has 0 bridgehead atoms. The Labute approximate surface area is 191 Å². The van der Waals surface area contributed by atoms with E-state index in [2.05, 4.69) is 100 Å². The van der Waals surface area contributed by atoms with E-state index >= 15 is 0 Å². The lowest BCUT2D eigenvalue weighted by Gasteiger charge is -2.22. The summed E-state index contributed by atoms with van der Waals surface area (Å²) < 4.78 is 0. The molecular weight excluding hydrogens is 388 g/mol. The smallest absolute Gasteiger partial charge is 0.0958 e. The van der Waals surface area contributed by atoms with Crippen LogP contribution in [0.1, 0.15) is 22.3 Å². The number of aryl methyl sites for hydroxylation is 3. The molecule has 0 amide bonds. The van der Waals surface area contributed by atoms with Crippen LogP contribution in [-0.2, 0) is 0 Å². The summed E-state index contributed by atoms with van der Waals surface area (Å²) in [6, 6.07) is 14.7. The third-order valence-corrected chi connectivity index (χ3v) is 5.90. The molecule has 1 aromatic heterocycles. The predicted molar refractivity (Wildman–Crippen MR) is 135 cm³/mol. The van der Waals surface area contributed by atoms with E-state index in [4.69, 9.17) is 4.99 Å². The van der Waals surface area contributed by atoms with Gasteiger partial charge in [0.15, 0.2) is 0 Å². The molecule has 1 heterocycles. The third-order valence-electron chi connectivity index (χ3n) is 5.90. The number of pyridine rings is 1. The molecule has 0 aliphatic heterocycles. The minimum Gasteiger partial charge on any atom is -0.254 e. The number of fused-ring (bicyclic) bond motifs is 1. The Kier molecular flexibility index (Phi) is 5.61. The summed E-state index contributed by atoms with van der Waals surface area (Å²) in [5, 5.41) is 1.10. The maximum atomic E-state index is 4.88. The number of aliphatic imine (C=N–C) groups is 1. The molecule has 1 saturated carbocycles. The molecule has 2 nitrogen and oxygen atoms in total. The van der Waals surface area contributed by atoms with Crippen LogP contribution in [0.3, 0.4) is 0 Å². The molecule has 5 radical (unpaired) electrons. The highest BCUT2D eigenvalue weighted by molar-refractivity contribution is 6.09. The summed E-state index contributed by atoms with van der Waals surface area (Å²) >= 11 is 0. The molecule has 5 rings (SSSR count). The highest BCUT2D eigenvalue weighted by Gasteiger charge is 2.26. The predicted octanol–water partition coefficient (Wildman–Crippen LogP) is 7.22. The first kappa shape index (κ1) is 20.6. The monoisotopic (exact) mass is 413 g/mol. The van der Waals surface area contributed by atoms with Crippen molar-refractivity contribution in [3.8, 4) is 0 Å². The molecule has 2 aliphatic rings. The van der Waals surface area contributed by atoms with Crippen LogP contribution in [0.15, 0.2) is 83.5 Å². The van der Waals surface area contributed by atoms with Gasteiger partial charge in [-0.2, -0.15) is 0 Å². The molecule has 0 unspecified atom stereocenters. The Morgan fingerprint density at radius 3 is 2.22 bits per heavy atom. The van der Waals surface area contributed by atoms with Gasteiger partial charge >= 0.3 is 0 Å². The summed E-state index contributed by atoms with van der Waals surface area (Å²) in [6.07, 6.45) is 18.9. The number of rotatable bonds is 3. The summed E-state index contributed by atoms with van der Waals surface area (Å²) in [5.74, 6) is 1.24. The van der Waals surface area contributed by atoms with Gasteiger partial charge in [0.2, 0.25) is 0 Å².